The highest BCUT2D eigenvalue weighted by Gasteiger charge is 2.14. The molecule has 1 N–H and O–H groups in total. The van der Waals surface area contributed by atoms with Gasteiger partial charge in [0.2, 0.25) is 0 Å². The molecule has 0 spiro atoms. The summed E-state index contributed by atoms with van der Waals surface area (Å²) in [5, 5.41) is 9.01. The highest BCUT2D eigenvalue weighted by Crippen LogP contribution is 2.28. The van der Waals surface area contributed by atoms with Crippen molar-refractivity contribution in [2.24, 2.45) is 0 Å². The first kappa shape index (κ1) is 11.7. The third kappa shape index (κ3) is 2.34. The summed E-state index contributed by atoms with van der Waals surface area (Å²) in [4.78, 5) is 14.7. The largest absolute Gasteiger partial charge is 0.478 e. The topological polar surface area (TPSA) is 50.2 Å². The second kappa shape index (κ2) is 4.63. The Kier molecular flexibility index (Phi) is 3.19. The Labute approximate surface area is 105 Å². The summed E-state index contributed by atoms with van der Waals surface area (Å²) < 4.78 is 14.3. The lowest BCUT2D eigenvalue weighted by molar-refractivity contribution is 0.0697. The highest BCUT2D eigenvalue weighted by atomic mass is 79.9. The molecule has 17 heavy (non-hydrogen) atoms. The molecule has 2 aromatic rings. The first-order chi connectivity index (χ1) is 8.09. The van der Waals surface area contributed by atoms with E-state index in [0.29, 0.717) is 10.0 Å². The van der Waals surface area contributed by atoms with E-state index >= 15 is 0 Å². The number of halogens is 2. The molecule has 86 valence electrons. The summed E-state index contributed by atoms with van der Waals surface area (Å²) in [6.45, 7) is 0. The normalized spacial score (nSPS) is 10.2. The summed E-state index contributed by atoms with van der Waals surface area (Å²) >= 11 is 3.23. The van der Waals surface area contributed by atoms with E-state index < -0.39 is 11.8 Å². The Hall–Kier alpha value is -1.75. The van der Waals surface area contributed by atoms with Crippen LogP contribution in [0.25, 0.3) is 11.1 Å². The molecule has 0 aliphatic carbocycles. The van der Waals surface area contributed by atoms with E-state index in [2.05, 4.69) is 20.9 Å². The number of benzene rings is 1. The van der Waals surface area contributed by atoms with Gasteiger partial charge >= 0.3 is 5.97 Å². The van der Waals surface area contributed by atoms with E-state index in [4.69, 9.17) is 5.11 Å². The minimum atomic E-state index is -1.13. The molecule has 1 heterocycles. The van der Waals surface area contributed by atoms with Crippen molar-refractivity contribution in [1.29, 1.82) is 0 Å². The van der Waals surface area contributed by atoms with Gasteiger partial charge in [0, 0.05) is 28.0 Å². The summed E-state index contributed by atoms with van der Waals surface area (Å²) in [6.07, 6.45) is 2.64. The molecular weight excluding hydrogens is 289 g/mol. The van der Waals surface area contributed by atoms with E-state index in [-0.39, 0.29) is 11.1 Å². The van der Waals surface area contributed by atoms with Gasteiger partial charge in [-0.3, -0.25) is 4.98 Å². The molecule has 3 nitrogen and oxygen atoms in total. The third-order valence-corrected chi connectivity index (χ3v) is 2.76. The lowest BCUT2D eigenvalue weighted by atomic mass is 10.0. The molecule has 0 unspecified atom stereocenters. The number of aromatic nitrogens is 1. The fourth-order valence-corrected chi connectivity index (χ4v) is 1.86. The van der Waals surface area contributed by atoms with Crippen molar-refractivity contribution in [3.05, 3.63) is 52.5 Å². The van der Waals surface area contributed by atoms with Crippen LogP contribution in [0.4, 0.5) is 4.39 Å². The van der Waals surface area contributed by atoms with Gasteiger partial charge in [-0.15, -0.1) is 0 Å². The Balaban J connectivity index is 2.68. The van der Waals surface area contributed by atoms with Crippen molar-refractivity contribution < 1.29 is 14.3 Å². The molecule has 0 atom stereocenters. The molecule has 0 aliphatic heterocycles. The minimum absolute atomic E-state index is 0.0236. The molecule has 0 radical (unpaired) electrons. The molecule has 5 heteroatoms. The molecule has 0 saturated heterocycles. The number of nitrogens with zero attached hydrogens (tertiary/aromatic N) is 1. The lowest BCUT2D eigenvalue weighted by Crippen LogP contribution is -2.01. The molecule has 2 rings (SSSR count). The Bertz CT molecular complexity index is 586. The fourth-order valence-electron chi connectivity index (χ4n) is 1.50. The van der Waals surface area contributed by atoms with Crippen LogP contribution in [0.15, 0.2) is 41.1 Å². The Morgan fingerprint density at radius 1 is 1.29 bits per heavy atom. The van der Waals surface area contributed by atoms with Gasteiger partial charge in [-0.05, 0) is 24.3 Å². The van der Waals surface area contributed by atoms with Crippen LogP contribution in [0.3, 0.4) is 0 Å². The van der Waals surface area contributed by atoms with Gasteiger partial charge in [-0.1, -0.05) is 15.9 Å². The van der Waals surface area contributed by atoms with Crippen LogP contribution in [-0.4, -0.2) is 16.1 Å². The van der Waals surface area contributed by atoms with Gasteiger partial charge in [0.05, 0.1) is 5.56 Å². The minimum Gasteiger partial charge on any atom is -0.478 e. The number of hydrogen-bond acceptors (Lipinski definition) is 2. The molecule has 0 amide bonds. The monoisotopic (exact) mass is 295 g/mol. The van der Waals surface area contributed by atoms with Gasteiger partial charge in [0.25, 0.3) is 0 Å². The lowest BCUT2D eigenvalue weighted by Gasteiger charge is -2.07. The first-order valence-corrected chi connectivity index (χ1v) is 5.51. The predicted molar refractivity (Wildman–Crippen MR) is 64.3 cm³/mol. The van der Waals surface area contributed by atoms with E-state index in [0.717, 1.165) is 0 Å². The summed E-state index contributed by atoms with van der Waals surface area (Å²) in [6, 6.07) is 5.86. The molecule has 0 aliphatic rings. The molecule has 0 fully saturated rings. The maximum absolute atomic E-state index is 13.7. The fraction of sp³-hybridized carbons (Fsp3) is 0. The molecule has 0 bridgehead atoms. The number of aromatic carboxylic acids is 1. The van der Waals surface area contributed by atoms with Crippen molar-refractivity contribution >= 4 is 21.9 Å². The van der Waals surface area contributed by atoms with Gasteiger partial charge in [0.15, 0.2) is 0 Å². The SMILES string of the molecule is O=C(O)c1cnccc1-c1cc(Br)ccc1F. The van der Waals surface area contributed by atoms with Crippen LogP contribution < -0.4 is 0 Å². The zero-order valence-electron chi connectivity index (χ0n) is 8.52. The van der Waals surface area contributed by atoms with Crippen LogP contribution in [0.5, 0.6) is 0 Å². The van der Waals surface area contributed by atoms with E-state index in [1.54, 1.807) is 6.07 Å². The zero-order valence-corrected chi connectivity index (χ0v) is 10.1. The van der Waals surface area contributed by atoms with Crippen molar-refractivity contribution in [2.75, 3.05) is 0 Å². The van der Waals surface area contributed by atoms with E-state index in [9.17, 15) is 9.18 Å². The van der Waals surface area contributed by atoms with Crippen molar-refractivity contribution in [3.63, 3.8) is 0 Å². The number of pyridine rings is 1. The number of carbonyl (C=O) groups is 1. The molecule has 1 aromatic heterocycles. The summed E-state index contributed by atoms with van der Waals surface area (Å²) in [7, 11) is 0. The highest BCUT2D eigenvalue weighted by molar-refractivity contribution is 9.10. The van der Waals surface area contributed by atoms with Crippen LogP contribution in [0.2, 0.25) is 0 Å². The van der Waals surface area contributed by atoms with Crippen molar-refractivity contribution in [2.45, 2.75) is 0 Å². The smallest absolute Gasteiger partial charge is 0.337 e. The maximum atomic E-state index is 13.7. The van der Waals surface area contributed by atoms with Gasteiger partial charge < -0.3 is 5.11 Å². The van der Waals surface area contributed by atoms with E-state index in [1.807, 2.05) is 0 Å². The second-order valence-electron chi connectivity index (χ2n) is 3.35. The second-order valence-corrected chi connectivity index (χ2v) is 4.27. The molecule has 0 saturated carbocycles. The summed E-state index contributed by atoms with van der Waals surface area (Å²) in [5.41, 5.74) is 0.523. The average molecular weight is 296 g/mol. The maximum Gasteiger partial charge on any atom is 0.337 e. The third-order valence-electron chi connectivity index (χ3n) is 2.27. The van der Waals surface area contributed by atoms with Gasteiger partial charge in [0.1, 0.15) is 5.82 Å². The van der Waals surface area contributed by atoms with E-state index in [1.165, 1.54) is 30.6 Å². The summed E-state index contributed by atoms with van der Waals surface area (Å²) in [5.74, 6) is -1.60. The number of hydrogen-bond donors (Lipinski definition) is 1. The van der Waals surface area contributed by atoms with Gasteiger partial charge in [-0.2, -0.15) is 0 Å². The van der Waals surface area contributed by atoms with Crippen LogP contribution in [-0.2, 0) is 0 Å². The zero-order chi connectivity index (χ0) is 12.4. The average Bonchev–Trinajstić information content (AvgIpc) is 2.32. The number of carboxylic acid groups (broad SMARTS) is 1. The number of carboxylic acids is 1. The Morgan fingerprint density at radius 3 is 2.76 bits per heavy atom. The number of rotatable bonds is 2. The van der Waals surface area contributed by atoms with Crippen molar-refractivity contribution in [1.82, 2.24) is 4.98 Å². The molecular formula is C12H7BrFNO2. The van der Waals surface area contributed by atoms with Crippen LogP contribution in [0, 0.1) is 5.82 Å². The Morgan fingerprint density at radius 2 is 2.06 bits per heavy atom. The van der Waals surface area contributed by atoms with Crippen LogP contribution in [0.1, 0.15) is 10.4 Å². The van der Waals surface area contributed by atoms with Crippen LogP contribution >= 0.6 is 15.9 Å². The predicted octanol–water partition coefficient (Wildman–Crippen LogP) is 3.35. The molecule has 1 aromatic carbocycles. The quantitative estimate of drug-likeness (QED) is 0.924. The van der Waals surface area contributed by atoms with Gasteiger partial charge in [-0.25, -0.2) is 9.18 Å². The first-order valence-electron chi connectivity index (χ1n) is 4.72. The van der Waals surface area contributed by atoms with Crippen molar-refractivity contribution in [3.8, 4) is 11.1 Å². The standard InChI is InChI=1S/C12H7BrFNO2/c13-7-1-2-11(14)9(5-7)8-3-4-15-6-10(8)12(16)17/h1-6H,(H,16,17).